The number of rotatable bonds is 4. The lowest BCUT2D eigenvalue weighted by Crippen LogP contribution is -2.38. The number of likely N-dealkylation sites (tertiary alicyclic amines) is 1. The van der Waals surface area contributed by atoms with Crippen LogP contribution in [0.4, 0.5) is 0 Å². The smallest absolute Gasteiger partial charge is 0.273 e. The van der Waals surface area contributed by atoms with Crippen molar-refractivity contribution in [2.75, 3.05) is 20.2 Å². The number of methoxy groups -OCH3 is 1. The van der Waals surface area contributed by atoms with Gasteiger partial charge in [0.15, 0.2) is 0 Å². The fourth-order valence-electron chi connectivity index (χ4n) is 3.56. The molecule has 1 saturated heterocycles. The Bertz CT molecular complexity index is 943. The number of piperidine rings is 1. The summed E-state index contributed by atoms with van der Waals surface area (Å²) in [4.78, 5) is 19.3. The quantitative estimate of drug-likeness (QED) is 0.705. The molecule has 1 amide bonds. The number of aromatic nitrogens is 1. The number of carbonyl (C=O) groups is 1. The monoisotopic (exact) mass is 394 g/mol. The van der Waals surface area contributed by atoms with Crippen LogP contribution in [0.2, 0.25) is 0 Å². The molecule has 2 aromatic carbocycles. The number of carbonyl (C=O) groups excluding carboxylic acids is 1. The first-order valence-corrected chi connectivity index (χ1v) is 10.2. The minimum absolute atomic E-state index is 0.000155. The van der Waals surface area contributed by atoms with Crippen molar-refractivity contribution in [3.8, 4) is 22.1 Å². The highest BCUT2D eigenvalue weighted by Gasteiger charge is 2.26. The molecule has 4 rings (SSSR count). The maximum atomic E-state index is 12.8. The van der Waals surface area contributed by atoms with E-state index in [0.717, 1.165) is 42.3 Å². The number of ether oxygens (including phenoxy) is 1. The first-order chi connectivity index (χ1) is 13.6. The standard InChI is InChI=1S/C22H22N2O3S/c1-27-19-8-4-17(5-9-19)21-23-20(14-28-21)22(26)24-12-10-16(11-13-24)15-2-6-18(25)7-3-15/h2-9,14,16,25H,10-13H2,1H3. The first-order valence-electron chi connectivity index (χ1n) is 9.32. The zero-order chi connectivity index (χ0) is 19.5. The third-order valence-corrected chi connectivity index (χ3v) is 6.10. The molecule has 1 aliphatic heterocycles. The summed E-state index contributed by atoms with van der Waals surface area (Å²) in [5, 5.41) is 12.1. The van der Waals surface area contributed by atoms with Gasteiger partial charge in [0.25, 0.3) is 5.91 Å². The van der Waals surface area contributed by atoms with Gasteiger partial charge in [-0.1, -0.05) is 12.1 Å². The van der Waals surface area contributed by atoms with Gasteiger partial charge in [-0.2, -0.15) is 0 Å². The summed E-state index contributed by atoms with van der Waals surface area (Å²) in [5.41, 5.74) is 2.72. The van der Waals surface area contributed by atoms with E-state index in [1.165, 1.54) is 16.9 Å². The molecule has 1 N–H and O–H groups in total. The van der Waals surface area contributed by atoms with Gasteiger partial charge < -0.3 is 14.7 Å². The minimum Gasteiger partial charge on any atom is -0.508 e. The summed E-state index contributed by atoms with van der Waals surface area (Å²) in [6.45, 7) is 1.44. The Hall–Kier alpha value is -2.86. The minimum atomic E-state index is 0.000155. The number of phenolic OH excluding ortho intramolecular Hbond substituents is 1. The molecule has 0 unspecified atom stereocenters. The Morgan fingerprint density at radius 2 is 1.79 bits per heavy atom. The number of amides is 1. The molecule has 5 nitrogen and oxygen atoms in total. The molecule has 1 fully saturated rings. The number of hydrogen-bond donors (Lipinski definition) is 1. The second-order valence-corrected chi connectivity index (χ2v) is 7.78. The van der Waals surface area contributed by atoms with E-state index in [9.17, 15) is 9.90 Å². The maximum Gasteiger partial charge on any atom is 0.273 e. The SMILES string of the molecule is COc1ccc(-c2nc(C(=O)N3CCC(c4ccc(O)cc4)CC3)cs2)cc1. The molecule has 0 spiro atoms. The van der Waals surface area contributed by atoms with Gasteiger partial charge in [-0.05, 0) is 60.7 Å². The zero-order valence-corrected chi connectivity index (χ0v) is 16.5. The Balaban J connectivity index is 1.40. The van der Waals surface area contributed by atoms with Crippen molar-refractivity contribution in [1.82, 2.24) is 9.88 Å². The van der Waals surface area contributed by atoms with Gasteiger partial charge in [0.1, 0.15) is 22.2 Å². The Kier molecular flexibility index (Phi) is 5.30. The number of hydrogen-bond acceptors (Lipinski definition) is 5. The molecular weight excluding hydrogens is 372 g/mol. The first kappa shape index (κ1) is 18.5. The second kappa shape index (κ2) is 8.02. The molecular formula is C22H22N2O3S. The van der Waals surface area contributed by atoms with E-state index in [1.54, 1.807) is 19.2 Å². The Morgan fingerprint density at radius 3 is 2.43 bits per heavy atom. The van der Waals surface area contributed by atoms with Crippen molar-refractivity contribution in [2.24, 2.45) is 0 Å². The van der Waals surface area contributed by atoms with Crippen LogP contribution < -0.4 is 4.74 Å². The van der Waals surface area contributed by atoms with E-state index in [-0.39, 0.29) is 11.7 Å². The lowest BCUT2D eigenvalue weighted by Gasteiger charge is -2.31. The molecule has 1 aliphatic rings. The van der Waals surface area contributed by atoms with E-state index in [2.05, 4.69) is 4.98 Å². The summed E-state index contributed by atoms with van der Waals surface area (Å²) < 4.78 is 5.18. The third kappa shape index (κ3) is 3.87. The van der Waals surface area contributed by atoms with Crippen LogP contribution in [-0.4, -0.2) is 41.1 Å². The Labute approximate surface area is 168 Å². The molecule has 144 valence electrons. The van der Waals surface area contributed by atoms with Crippen molar-refractivity contribution < 1.29 is 14.6 Å². The van der Waals surface area contributed by atoms with Gasteiger partial charge in [-0.3, -0.25) is 4.79 Å². The van der Waals surface area contributed by atoms with E-state index >= 15 is 0 Å². The highest BCUT2D eigenvalue weighted by molar-refractivity contribution is 7.13. The normalized spacial score (nSPS) is 14.8. The average Bonchev–Trinajstić information content (AvgIpc) is 3.24. The fourth-order valence-corrected chi connectivity index (χ4v) is 4.36. The van der Waals surface area contributed by atoms with Crippen LogP contribution in [0.1, 0.15) is 34.8 Å². The van der Waals surface area contributed by atoms with E-state index in [1.807, 2.05) is 46.7 Å². The van der Waals surface area contributed by atoms with Crippen LogP contribution in [-0.2, 0) is 0 Å². The molecule has 0 aliphatic carbocycles. The lowest BCUT2D eigenvalue weighted by molar-refractivity contribution is 0.0708. The third-order valence-electron chi connectivity index (χ3n) is 5.21. The maximum absolute atomic E-state index is 12.8. The molecule has 2 heterocycles. The molecule has 0 radical (unpaired) electrons. The molecule has 0 atom stereocenters. The van der Waals surface area contributed by atoms with Crippen LogP contribution in [0.5, 0.6) is 11.5 Å². The summed E-state index contributed by atoms with van der Waals surface area (Å²) in [5.74, 6) is 1.51. The highest BCUT2D eigenvalue weighted by atomic mass is 32.1. The van der Waals surface area contributed by atoms with Crippen molar-refractivity contribution in [1.29, 1.82) is 0 Å². The van der Waals surface area contributed by atoms with Crippen molar-refractivity contribution >= 4 is 17.2 Å². The number of aromatic hydroxyl groups is 1. The van der Waals surface area contributed by atoms with Crippen molar-refractivity contribution in [2.45, 2.75) is 18.8 Å². The zero-order valence-electron chi connectivity index (χ0n) is 15.7. The van der Waals surface area contributed by atoms with Crippen LogP contribution in [0.3, 0.4) is 0 Å². The summed E-state index contributed by atoms with van der Waals surface area (Å²) >= 11 is 1.48. The summed E-state index contributed by atoms with van der Waals surface area (Å²) in [6.07, 6.45) is 1.85. The molecule has 28 heavy (non-hydrogen) atoms. The van der Waals surface area contributed by atoms with E-state index in [0.29, 0.717) is 11.6 Å². The predicted octanol–water partition coefficient (Wildman–Crippen LogP) is 4.54. The molecule has 0 saturated carbocycles. The van der Waals surface area contributed by atoms with Crippen LogP contribution in [0.25, 0.3) is 10.6 Å². The summed E-state index contributed by atoms with van der Waals surface area (Å²) in [6, 6.07) is 15.1. The van der Waals surface area contributed by atoms with Crippen molar-refractivity contribution in [3.63, 3.8) is 0 Å². The van der Waals surface area contributed by atoms with E-state index < -0.39 is 0 Å². The number of benzene rings is 2. The average molecular weight is 394 g/mol. The summed E-state index contributed by atoms with van der Waals surface area (Å²) in [7, 11) is 1.64. The number of nitrogens with zero attached hydrogens (tertiary/aromatic N) is 2. The predicted molar refractivity (Wildman–Crippen MR) is 110 cm³/mol. The van der Waals surface area contributed by atoms with Crippen molar-refractivity contribution in [3.05, 3.63) is 65.2 Å². The topological polar surface area (TPSA) is 62.7 Å². The van der Waals surface area contributed by atoms with Gasteiger partial charge in [0.05, 0.1) is 7.11 Å². The van der Waals surface area contributed by atoms with Crippen LogP contribution in [0.15, 0.2) is 53.9 Å². The Morgan fingerprint density at radius 1 is 1.11 bits per heavy atom. The lowest BCUT2D eigenvalue weighted by atomic mass is 9.89. The van der Waals surface area contributed by atoms with Gasteiger partial charge in [0.2, 0.25) is 0 Å². The van der Waals surface area contributed by atoms with Crippen LogP contribution in [0, 0.1) is 0 Å². The second-order valence-electron chi connectivity index (χ2n) is 6.92. The van der Waals surface area contributed by atoms with Gasteiger partial charge >= 0.3 is 0 Å². The van der Waals surface area contributed by atoms with Crippen LogP contribution >= 0.6 is 11.3 Å². The molecule has 6 heteroatoms. The fraction of sp³-hybridized carbons (Fsp3) is 0.273. The molecule has 1 aromatic heterocycles. The molecule has 3 aromatic rings. The van der Waals surface area contributed by atoms with Gasteiger partial charge in [-0.25, -0.2) is 4.98 Å². The highest BCUT2D eigenvalue weighted by Crippen LogP contribution is 2.31. The number of thiazole rings is 1. The van der Waals surface area contributed by atoms with Gasteiger partial charge in [0, 0.05) is 24.0 Å². The molecule has 0 bridgehead atoms. The van der Waals surface area contributed by atoms with Gasteiger partial charge in [-0.15, -0.1) is 11.3 Å². The van der Waals surface area contributed by atoms with E-state index in [4.69, 9.17) is 4.74 Å². The largest absolute Gasteiger partial charge is 0.508 e. The number of phenols is 1.